The zero-order chi connectivity index (χ0) is 20.5. The second-order valence-electron chi connectivity index (χ2n) is 8.54. The summed E-state index contributed by atoms with van der Waals surface area (Å²) in [4.78, 5) is 0. The first-order valence-electron chi connectivity index (χ1n) is 11.4. The van der Waals surface area contributed by atoms with E-state index in [1.165, 1.54) is 69.8 Å². The molecule has 0 spiro atoms. The molecule has 1 aliphatic carbocycles. The van der Waals surface area contributed by atoms with Crippen LogP contribution in [0.5, 0.6) is 0 Å². The topological polar surface area (TPSA) is 88.8 Å². The van der Waals surface area contributed by atoms with Crippen LogP contribution in [0.25, 0.3) is 11.5 Å². The van der Waals surface area contributed by atoms with Gasteiger partial charge < -0.3 is 10.2 Å². The van der Waals surface area contributed by atoms with Crippen LogP contribution in [0.4, 0.5) is 0 Å². The molecule has 3 rings (SSSR count). The van der Waals surface area contributed by atoms with Crippen LogP contribution < -0.4 is 5.73 Å². The quantitative estimate of drug-likeness (QED) is 0.227. The van der Waals surface area contributed by atoms with Gasteiger partial charge in [-0.1, -0.05) is 76.8 Å². The molecule has 1 aromatic heterocycles. The molecule has 5 nitrogen and oxygen atoms in total. The summed E-state index contributed by atoms with van der Waals surface area (Å²) in [5.74, 6) is 1.14. The largest absolute Gasteiger partial charge is 0.420 e. The first-order chi connectivity index (χ1) is 14.2. The number of nitrogens with zero attached hydrogens (tertiary/aromatic N) is 2. The summed E-state index contributed by atoms with van der Waals surface area (Å²) < 4.78 is 5.88. The second-order valence-corrected chi connectivity index (χ2v) is 8.54. The number of aryl methyl sites for hydroxylation is 1. The van der Waals surface area contributed by atoms with E-state index in [1.54, 1.807) is 0 Å². The fraction of sp³-hybridized carbons (Fsp3) is 0.625. The molecule has 1 heterocycles. The van der Waals surface area contributed by atoms with Gasteiger partial charge in [-0.25, -0.2) is 0 Å². The van der Waals surface area contributed by atoms with Crippen molar-refractivity contribution in [2.24, 2.45) is 5.73 Å². The Kier molecular flexibility index (Phi) is 7.84. The van der Waals surface area contributed by atoms with Crippen molar-refractivity contribution in [3.8, 4) is 11.5 Å². The summed E-state index contributed by atoms with van der Waals surface area (Å²) in [5.41, 5.74) is 7.48. The number of nitrogens with one attached hydrogen (secondary N) is 1. The number of hydrogen-bond acceptors (Lipinski definition) is 4. The zero-order valence-corrected chi connectivity index (χ0v) is 17.9. The lowest BCUT2D eigenvalue weighted by molar-refractivity contribution is 0.485. The van der Waals surface area contributed by atoms with E-state index in [-0.39, 0.29) is 5.84 Å². The van der Waals surface area contributed by atoms with Gasteiger partial charge in [0.2, 0.25) is 11.8 Å². The van der Waals surface area contributed by atoms with Crippen molar-refractivity contribution in [3.05, 3.63) is 35.7 Å². The van der Waals surface area contributed by atoms with Crippen LogP contribution in [-0.2, 0) is 11.8 Å². The van der Waals surface area contributed by atoms with Crippen molar-refractivity contribution in [1.82, 2.24) is 10.2 Å². The van der Waals surface area contributed by atoms with Crippen LogP contribution >= 0.6 is 0 Å². The van der Waals surface area contributed by atoms with Crippen molar-refractivity contribution in [2.75, 3.05) is 0 Å². The molecule has 5 heteroatoms. The lowest BCUT2D eigenvalue weighted by Crippen LogP contribution is -2.27. The number of benzene rings is 1. The molecule has 29 heavy (non-hydrogen) atoms. The lowest BCUT2D eigenvalue weighted by atomic mass is 10.0. The highest BCUT2D eigenvalue weighted by Gasteiger charge is 2.52. The second kappa shape index (κ2) is 10.6. The molecule has 0 radical (unpaired) electrons. The highest BCUT2D eigenvalue weighted by Crippen LogP contribution is 2.47. The molecule has 0 aliphatic heterocycles. The van der Waals surface area contributed by atoms with Crippen molar-refractivity contribution in [3.63, 3.8) is 0 Å². The predicted molar refractivity (Wildman–Crippen MR) is 118 cm³/mol. The lowest BCUT2D eigenvalue weighted by Gasteiger charge is -2.06. The first-order valence-corrected chi connectivity index (χ1v) is 11.4. The van der Waals surface area contributed by atoms with Crippen molar-refractivity contribution in [1.29, 1.82) is 5.41 Å². The summed E-state index contributed by atoms with van der Waals surface area (Å²) in [7, 11) is 0. The summed E-state index contributed by atoms with van der Waals surface area (Å²) in [5, 5.41) is 16.1. The minimum absolute atomic E-state index is 0.127. The number of unbranched alkanes of at least 4 members (excludes halogenated alkanes) is 9. The van der Waals surface area contributed by atoms with Gasteiger partial charge >= 0.3 is 0 Å². The minimum Gasteiger partial charge on any atom is -0.420 e. The van der Waals surface area contributed by atoms with Crippen LogP contribution in [0.2, 0.25) is 0 Å². The van der Waals surface area contributed by atoms with Crippen LogP contribution in [0.15, 0.2) is 28.7 Å². The number of nitrogens with two attached hydrogens (primary N) is 1. The van der Waals surface area contributed by atoms with Gasteiger partial charge in [-0.2, -0.15) is 0 Å². The van der Waals surface area contributed by atoms with Gasteiger partial charge in [0.1, 0.15) is 11.3 Å². The highest BCUT2D eigenvalue weighted by atomic mass is 16.4. The third-order valence-corrected chi connectivity index (χ3v) is 6.09. The number of rotatable bonds is 14. The molecule has 0 atom stereocenters. The third kappa shape index (κ3) is 5.91. The van der Waals surface area contributed by atoms with E-state index in [0.29, 0.717) is 11.8 Å². The van der Waals surface area contributed by atoms with Crippen LogP contribution in [-0.4, -0.2) is 16.0 Å². The van der Waals surface area contributed by atoms with E-state index >= 15 is 0 Å². The van der Waals surface area contributed by atoms with Gasteiger partial charge in [0.05, 0.1) is 0 Å². The maximum Gasteiger partial charge on any atom is 0.247 e. The van der Waals surface area contributed by atoms with Crippen LogP contribution in [0.1, 0.15) is 95.4 Å². The summed E-state index contributed by atoms with van der Waals surface area (Å²) >= 11 is 0. The number of hydrogen-bond donors (Lipinski definition) is 2. The SMILES string of the molecule is CCCCCCCCCCCCc1cccc(-c2nnc(C3(C(=N)N)CC3)o2)c1. The van der Waals surface area contributed by atoms with Gasteiger partial charge in [0.15, 0.2) is 0 Å². The molecule has 1 aromatic carbocycles. The average molecular weight is 397 g/mol. The number of amidine groups is 1. The Morgan fingerprint density at radius 2 is 1.66 bits per heavy atom. The van der Waals surface area contributed by atoms with Crippen molar-refractivity contribution in [2.45, 2.75) is 95.8 Å². The van der Waals surface area contributed by atoms with Gasteiger partial charge in [-0.05, 0) is 43.4 Å². The molecule has 0 amide bonds. The molecule has 3 N–H and O–H groups in total. The molecule has 0 bridgehead atoms. The summed E-state index contributed by atoms with van der Waals surface area (Å²) in [6.45, 7) is 2.27. The van der Waals surface area contributed by atoms with Gasteiger partial charge in [-0.15, -0.1) is 10.2 Å². The van der Waals surface area contributed by atoms with Crippen molar-refractivity contribution >= 4 is 5.84 Å². The molecule has 2 aromatic rings. The number of aromatic nitrogens is 2. The smallest absolute Gasteiger partial charge is 0.247 e. The Morgan fingerprint density at radius 3 is 2.28 bits per heavy atom. The van der Waals surface area contributed by atoms with Crippen LogP contribution in [0.3, 0.4) is 0 Å². The standard InChI is InChI=1S/C24H36N4O/c1-2-3-4-5-6-7-8-9-10-11-13-19-14-12-15-20(18-19)21-27-28-23(29-21)24(16-17-24)22(25)26/h12,14-15,18H,2-11,13,16-17H2,1H3,(H3,25,26). The maximum absolute atomic E-state index is 7.77. The van der Waals surface area contributed by atoms with E-state index < -0.39 is 5.41 Å². The Hall–Kier alpha value is -2.17. The Bertz CT molecular complexity index is 779. The predicted octanol–water partition coefficient (Wildman–Crippen LogP) is 6.17. The van der Waals surface area contributed by atoms with Crippen LogP contribution in [0, 0.1) is 5.41 Å². The molecular weight excluding hydrogens is 360 g/mol. The summed E-state index contributed by atoms with van der Waals surface area (Å²) in [6, 6.07) is 8.39. The molecule has 0 saturated heterocycles. The van der Waals surface area contributed by atoms with E-state index in [1.807, 2.05) is 6.07 Å². The zero-order valence-electron chi connectivity index (χ0n) is 17.9. The van der Waals surface area contributed by atoms with Gasteiger partial charge in [-0.3, -0.25) is 5.41 Å². The first kappa shape index (κ1) is 21.5. The van der Waals surface area contributed by atoms with E-state index in [9.17, 15) is 0 Å². The molecule has 0 unspecified atom stereocenters. The average Bonchev–Trinajstić information content (AvgIpc) is 3.40. The molecular formula is C24H36N4O. The van der Waals surface area contributed by atoms with Crippen molar-refractivity contribution < 1.29 is 4.42 Å². The highest BCUT2D eigenvalue weighted by molar-refractivity contribution is 5.91. The molecule has 158 valence electrons. The Morgan fingerprint density at radius 1 is 1.00 bits per heavy atom. The Labute approximate surface area is 175 Å². The van der Waals surface area contributed by atoms with E-state index in [2.05, 4.69) is 35.3 Å². The van der Waals surface area contributed by atoms with E-state index in [4.69, 9.17) is 15.6 Å². The third-order valence-electron chi connectivity index (χ3n) is 6.09. The van der Waals surface area contributed by atoms with Gasteiger partial charge in [0, 0.05) is 5.56 Å². The van der Waals surface area contributed by atoms with E-state index in [0.717, 1.165) is 24.8 Å². The van der Waals surface area contributed by atoms with Gasteiger partial charge in [0.25, 0.3) is 0 Å². The molecule has 1 aliphatic rings. The molecule has 1 saturated carbocycles. The monoisotopic (exact) mass is 396 g/mol. The summed E-state index contributed by atoms with van der Waals surface area (Å²) in [6.07, 6.45) is 16.3. The Balaban J connectivity index is 1.40. The maximum atomic E-state index is 7.77. The minimum atomic E-state index is -0.501. The fourth-order valence-electron chi connectivity index (χ4n) is 3.93. The normalized spacial score (nSPS) is 14.8. The fourth-order valence-corrected chi connectivity index (χ4v) is 3.93. The molecule has 1 fully saturated rings.